The number of fused-ring (bicyclic) bond motifs is 1. The molecule has 4 rings (SSSR count). The number of thiazole rings is 1. The Bertz CT molecular complexity index is 1260. The Balaban J connectivity index is 1.55. The van der Waals surface area contributed by atoms with E-state index in [1.54, 1.807) is 30.6 Å². The predicted molar refractivity (Wildman–Crippen MR) is 120 cm³/mol. The van der Waals surface area contributed by atoms with Gasteiger partial charge in [-0.25, -0.2) is 9.97 Å². The number of H-pyrrole nitrogens is 1. The van der Waals surface area contributed by atoms with Gasteiger partial charge in [0.15, 0.2) is 22.3 Å². The summed E-state index contributed by atoms with van der Waals surface area (Å²) in [6.45, 7) is 5.89. The maximum Gasteiger partial charge on any atom is 0.258 e. The average molecular weight is 441 g/mol. The summed E-state index contributed by atoms with van der Waals surface area (Å²) in [5, 5.41) is 3.35. The summed E-state index contributed by atoms with van der Waals surface area (Å²) in [5.41, 5.74) is 1.31. The summed E-state index contributed by atoms with van der Waals surface area (Å²) in [6.07, 6.45) is 0. The molecule has 31 heavy (non-hydrogen) atoms. The van der Waals surface area contributed by atoms with Gasteiger partial charge >= 0.3 is 0 Å². The van der Waals surface area contributed by atoms with E-state index in [1.807, 2.05) is 24.4 Å². The Hall–Kier alpha value is -3.17. The van der Waals surface area contributed by atoms with E-state index in [1.165, 1.54) is 7.11 Å². The van der Waals surface area contributed by atoms with E-state index in [-0.39, 0.29) is 5.56 Å². The van der Waals surface area contributed by atoms with Crippen LogP contribution in [0.1, 0.15) is 24.2 Å². The zero-order valence-corrected chi connectivity index (χ0v) is 18.7. The predicted octanol–water partition coefficient (Wildman–Crippen LogP) is 3.99. The number of rotatable bonds is 8. The number of aromatic nitrogens is 3. The van der Waals surface area contributed by atoms with Crippen LogP contribution in [0.3, 0.4) is 0 Å². The van der Waals surface area contributed by atoms with Gasteiger partial charge in [-0.05, 0) is 31.7 Å². The Kier molecular flexibility index (Phi) is 6.06. The van der Waals surface area contributed by atoms with Crippen LogP contribution in [0.15, 0.2) is 38.9 Å². The third-order valence-corrected chi connectivity index (χ3v) is 5.87. The van der Waals surface area contributed by atoms with Gasteiger partial charge in [0.1, 0.15) is 11.6 Å². The van der Waals surface area contributed by atoms with Crippen molar-refractivity contribution in [1.82, 2.24) is 19.9 Å². The molecule has 1 aromatic carbocycles. The van der Waals surface area contributed by atoms with Gasteiger partial charge in [-0.1, -0.05) is 6.92 Å². The molecule has 0 fully saturated rings. The van der Waals surface area contributed by atoms with Crippen LogP contribution in [0.4, 0.5) is 0 Å². The van der Waals surface area contributed by atoms with Crippen molar-refractivity contribution in [3.05, 3.63) is 57.3 Å². The quantitative estimate of drug-likeness (QED) is 0.443. The number of nitrogens with zero attached hydrogens (tertiary/aromatic N) is 3. The Morgan fingerprint density at radius 1 is 1.13 bits per heavy atom. The summed E-state index contributed by atoms with van der Waals surface area (Å²) in [4.78, 5) is 27.0. The normalized spacial score (nSPS) is 11.4. The molecule has 9 heteroatoms. The summed E-state index contributed by atoms with van der Waals surface area (Å²) in [6, 6.07) is 7.24. The fraction of sp³-hybridized carbons (Fsp3) is 0.318. The van der Waals surface area contributed by atoms with Crippen LogP contribution in [-0.4, -0.2) is 40.6 Å². The molecule has 3 aromatic heterocycles. The zero-order chi connectivity index (χ0) is 22.0. The van der Waals surface area contributed by atoms with E-state index in [4.69, 9.17) is 18.9 Å². The molecule has 0 atom stereocenters. The van der Waals surface area contributed by atoms with Gasteiger partial charge in [0.2, 0.25) is 0 Å². The third kappa shape index (κ3) is 4.47. The molecule has 162 valence electrons. The monoisotopic (exact) mass is 440 g/mol. The third-order valence-electron chi connectivity index (χ3n) is 4.97. The van der Waals surface area contributed by atoms with Crippen molar-refractivity contribution in [2.24, 2.45) is 0 Å². The van der Waals surface area contributed by atoms with E-state index in [0.29, 0.717) is 41.3 Å². The number of aromatic amines is 1. The zero-order valence-electron chi connectivity index (χ0n) is 17.9. The number of hydrogen-bond acceptors (Lipinski definition) is 8. The molecule has 1 N–H and O–H groups in total. The van der Waals surface area contributed by atoms with Crippen molar-refractivity contribution in [2.75, 3.05) is 20.8 Å². The highest BCUT2D eigenvalue weighted by molar-refractivity contribution is 7.13. The molecular formula is C22H24N4O4S. The molecule has 4 aromatic rings. The fourth-order valence-corrected chi connectivity index (χ4v) is 4.12. The first-order valence-corrected chi connectivity index (χ1v) is 10.8. The maximum atomic E-state index is 12.6. The number of ether oxygens (including phenoxy) is 2. The van der Waals surface area contributed by atoms with Gasteiger partial charge in [0.05, 0.1) is 37.4 Å². The number of hydrogen-bond donors (Lipinski definition) is 1. The van der Waals surface area contributed by atoms with Gasteiger partial charge in [-0.15, -0.1) is 11.3 Å². The molecule has 0 amide bonds. The summed E-state index contributed by atoms with van der Waals surface area (Å²) in [5.74, 6) is 3.26. The molecule has 0 saturated carbocycles. The molecule has 0 spiro atoms. The minimum absolute atomic E-state index is 0.207. The number of nitrogens with one attached hydrogen (secondary N) is 1. The van der Waals surface area contributed by atoms with Crippen molar-refractivity contribution in [3.63, 3.8) is 0 Å². The van der Waals surface area contributed by atoms with Crippen molar-refractivity contribution in [1.29, 1.82) is 0 Å². The van der Waals surface area contributed by atoms with Crippen LogP contribution >= 0.6 is 11.3 Å². The highest BCUT2D eigenvalue weighted by Crippen LogP contribution is 2.30. The highest BCUT2D eigenvalue weighted by Gasteiger charge is 2.15. The Morgan fingerprint density at radius 2 is 1.90 bits per heavy atom. The van der Waals surface area contributed by atoms with E-state index in [2.05, 4.69) is 21.8 Å². The first-order valence-electron chi connectivity index (χ1n) is 9.89. The SMILES string of the molecule is CCN(Cc1csc(-c2ccc(C)o2)n1)Cc1nc2cc(OC)c(OC)cc2c(=O)[nH]1. The van der Waals surface area contributed by atoms with Crippen molar-refractivity contribution >= 4 is 22.2 Å². The number of furan rings is 1. The summed E-state index contributed by atoms with van der Waals surface area (Å²) >= 11 is 1.56. The van der Waals surface area contributed by atoms with E-state index in [9.17, 15) is 4.79 Å². The second-order valence-corrected chi connectivity index (χ2v) is 7.95. The lowest BCUT2D eigenvalue weighted by Gasteiger charge is -2.18. The van der Waals surface area contributed by atoms with Gasteiger partial charge < -0.3 is 18.9 Å². The lowest BCUT2D eigenvalue weighted by atomic mass is 10.2. The van der Waals surface area contributed by atoms with Crippen LogP contribution in [-0.2, 0) is 13.1 Å². The highest BCUT2D eigenvalue weighted by atomic mass is 32.1. The topological polar surface area (TPSA) is 93.5 Å². The molecule has 0 aliphatic carbocycles. The second kappa shape index (κ2) is 8.91. The minimum Gasteiger partial charge on any atom is -0.493 e. The summed E-state index contributed by atoms with van der Waals surface area (Å²) < 4.78 is 16.3. The van der Waals surface area contributed by atoms with E-state index >= 15 is 0 Å². The smallest absolute Gasteiger partial charge is 0.258 e. The lowest BCUT2D eigenvalue weighted by Crippen LogP contribution is -2.25. The Labute approximate surface area is 183 Å². The molecule has 0 bridgehead atoms. The molecule has 0 radical (unpaired) electrons. The van der Waals surface area contributed by atoms with E-state index < -0.39 is 0 Å². The molecule has 0 unspecified atom stereocenters. The van der Waals surface area contributed by atoms with Crippen LogP contribution in [0.25, 0.3) is 21.7 Å². The number of methoxy groups -OCH3 is 2. The van der Waals surface area contributed by atoms with Crippen LogP contribution in [0, 0.1) is 6.92 Å². The van der Waals surface area contributed by atoms with Gasteiger partial charge in [0.25, 0.3) is 5.56 Å². The second-order valence-electron chi connectivity index (χ2n) is 7.09. The van der Waals surface area contributed by atoms with Gasteiger partial charge in [0, 0.05) is 18.0 Å². The maximum absolute atomic E-state index is 12.6. The van der Waals surface area contributed by atoms with Gasteiger partial charge in [-0.3, -0.25) is 9.69 Å². The van der Waals surface area contributed by atoms with Gasteiger partial charge in [-0.2, -0.15) is 0 Å². The molecule has 0 aliphatic heterocycles. The number of benzene rings is 1. The lowest BCUT2D eigenvalue weighted by molar-refractivity contribution is 0.262. The van der Waals surface area contributed by atoms with Crippen molar-refractivity contribution in [3.8, 4) is 22.3 Å². The Morgan fingerprint density at radius 3 is 2.58 bits per heavy atom. The molecule has 0 aliphatic rings. The molecule has 3 heterocycles. The largest absolute Gasteiger partial charge is 0.493 e. The first-order chi connectivity index (χ1) is 15.0. The molecule has 0 saturated heterocycles. The standard InChI is InChI=1S/C22H24N4O4S/c1-5-26(10-14-12-31-22(23-14)17-7-6-13(2)30-17)11-20-24-16-9-19(29-4)18(28-3)8-15(16)21(27)25-20/h6-9,12H,5,10-11H2,1-4H3,(H,24,25,27). The first kappa shape index (κ1) is 21.1. The number of aryl methyl sites for hydroxylation is 1. The summed E-state index contributed by atoms with van der Waals surface area (Å²) in [7, 11) is 3.10. The van der Waals surface area contributed by atoms with Crippen molar-refractivity contribution in [2.45, 2.75) is 26.9 Å². The van der Waals surface area contributed by atoms with E-state index in [0.717, 1.165) is 28.8 Å². The van der Waals surface area contributed by atoms with Crippen LogP contribution < -0.4 is 15.0 Å². The minimum atomic E-state index is -0.207. The average Bonchev–Trinajstić information content (AvgIpc) is 3.41. The fourth-order valence-electron chi connectivity index (χ4n) is 3.35. The molecule has 8 nitrogen and oxygen atoms in total. The van der Waals surface area contributed by atoms with Crippen LogP contribution in [0.5, 0.6) is 11.5 Å². The molecular weight excluding hydrogens is 416 g/mol. The van der Waals surface area contributed by atoms with Crippen LogP contribution in [0.2, 0.25) is 0 Å². The van der Waals surface area contributed by atoms with Crippen molar-refractivity contribution < 1.29 is 13.9 Å².